The molecule has 3 unspecified atom stereocenters. The highest BCUT2D eigenvalue weighted by atomic mass is 16.2. The summed E-state index contributed by atoms with van der Waals surface area (Å²) in [5.41, 5.74) is 1.37. The number of nitrogens with one attached hydrogen (secondary N) is 2. The van der Waals surface area contributed by atoms with Crippen LogP contribution in [0, 0.1) is 0 Å². The van der Waals surface area contributed by atoms with Crippen LogP contribution < -0.4 is 10.6 Å². The van der Waals surface area contributed by atoms with Crippen LogP contribution in [0.4, 0.5) is 0 Å². The fourth-order valence-electron chi connectivity index (χ4n) is 4.79. The Morgan fingerprint density at radius 2 is 2.00 bits per heavy atom. The molecule has 172 valence electrons. The van der Waals surface area contributed by atoms with Crippen LogP contribution >= 0.6 is 0 Å². The van der Waals surface area contributed by atoms with Crippen LogP contribution in [0.2, 0.25) is 0 Å². The lowest BCUT2D eigenvalue weighted by Gasteiger charge is -2.26. The summed E-state index contributed by atoms with van der Waals surface area (Å²) in [7, 11) is 5.53. The molecule has 7 heteroatoms. The second-order valence-corrected chi connectivity index (χ2v) is 9.12. The van der Waals surface area contributed by atoms with E-state index >= 15 is 0 Å². The molecule has 2 N–H and O–H groups in total. The van der Waals surface area contributed by atoms with Crippen LogP contribution in [-0.4, -0.2) is 92.0 Å². The summed E-state index contributed by atoms with van der Waals surface area (Å²) in [4.78, 5) is 23.4. The number of amides is 1. The maximum atomic E-state index is 12.3. The van der Waals surface area contributed by atoms with Gasteiger partial charge in [-0.1, -0.05) is 30.3 Å². The van der Waals surface area contributed by atoms with Gasteiger partial charge in [-0.3, -0.25) is 19.6 Å². The first-order valence-corrected chi connectivity index (χ1v) is 11.7. The van der Waals surface area contributed by atoms with Crippen LogP contribution in [0.15, 0.2) is 35.3 Å². The number of hydrogen-bond acceptors (Lipinski definition) is 4. The average Bonchev–Trinajstić information content (AvgIpc) is 3.36. The fraction of sp³-hybridized carbons (Fsp3) is 0.667. The second kappa shape index (κ2) is 11.5. The summed E-state index contributed by atoms with van der Waals surface area (Å²) < 4.78 is 0. The number of carbonyl (C=O) groups excluding carboxylic acids is 1. The molecule has 2 aliphatic rings. The number of carbonyl (C=O) groups is 1. The van der Waals surface area contributed by atoms with Gasteiger partial charge in [-0.15, -0.1) is 0 Å². The minimum Gasteiger partial charge on any atom is -0.356 e. The fourth-order valence-corrected chi connectivity index (χ4v) is 4.79. The zero-order valence-electron chi connectivity index (χ0n) is 19.7. The Bertz CT molecular complexity index is 722. The molecule has 2 aliphatic heterocycles. The predicted octanol–water partition coefficient (Wildman–Crippen LogP) is 1.76. The molecule has 0 aliphatic carbocycles. The summed E-state index contributed by atoms with van der Waals surface area (Å²) in [6, 6.07) is 11.7. The van der Waals surface area contributed by atoms with Crippen molar-refractivity contribution >= 4 is 11.9 Å². The maximum Gasteiger partial charge on any atom is 0.239 e. The molecule has 0 aromatic heterocycles. The Kier molecular flexibility index (Phi) is 8.72. The first-order valence-electron chi connectivity index (χ1n) is 11.7. The standard InChI is InChI=1S/C24H40N6O/c1-19-16-21(18-30(19)17-20-10-6-5-7-11-20)27-24(25-2)26-13-9-15-29-14-8-12-22(29)23(31)28(3)4/h5-7,10-11,19,21-22H,8-9,12-18H2,1-4H3,(H2,25,26,27). The lowest BCUT2D eigenvalue weighted by Crippen LogP contribution is -2.46. The number of rotatable bonds is 8. The first kappa shape index (κ1) is 23.5. The first-order chi connectivity index (χ1) is 15.0. The van der Waals surface area contributed by atoms with E-state index in [2.05, 4.69) is 62.7 Å². The third-order valence-electron chi connectivity index (χ3n) is 6.50. The summed E-state index contributed by atoms with van der Waals surface area (Å²) >= 11 is 0. The van der Waals surface area contributed by atoms with Gasteiger partial charge < -0.3 is 15.5 Å². The SMILES string of the molecule is CN=C(NCCCN1CCCC1C(=O)N(C)C)NC1CC(C)N(Cc2ccccc2)C1. The Morgan fingerprint density at radius 1 is 1.23 bits per heavy atom. The number of hydrogen-bond donors (Lipinski definition) is 2. The summed E-state index contributed by atoms with van der Waals surface area (Å²) in [6.45, 7) is 7.15. The summed E-state index contributed by atoms with van der Waals surface area (Å²) in [6.07, 6.45) is 4.21. The van der Waals surface area contributed by atoms with E-state index in [1.807, 2.05) is 21.1 Å². The van der Waals surface area contributed by atoms with Crippen molar-refractivity contribution in [1.82, 2.24) is 25.3 Å². The van der Waals surface area contributed by atoms with Gasteiger partial charge in [0.05, 0.1) is 6.04 Å². The maximum absolute atomic E-state index is 12.3. The number of likely N-dealkylation sites (N-methyl/N-ethyl adjacent to an activating group) is 1. The highest BCUT2D eigenvalue weighted by molar-refractivity contribution is 5.81. The highest BCUT2D eigenvalue weighted by Crippen LogP contribution is 2.20. The van der Waals surface area contributed by atoms with E-state index in [1.54, 1.807) is 4.90 Å². The van der Waals surface area contributed by atoms with Crippen LogP contribution in [0.1, 0.15) is 38.2 Å². The number of aliphatic imine (C=N–C) groups is 1. The molecule has 2 saturated heterocycles. The van der Waals surface area contributed by atoms with Gasteiger partial charge in [-0.25, -0.2) is 0 Å². The molecule has 1 aromatic rings. The lowest BCUT2D eigenvalue weighted by molar-refractivity contribution is -0.133. The topological polar surface area (TPSA) is 63.2 Å². The molecule has 0 spiro atoms. The molecular formula is C24H40N6O. The van der Waals surface area contributed by atoms with Gasteiger partial charge in [0, 0.05) is 59.4 Å². The third kappa shape index (κ3) is 6.68. The largest absolute Gasteiger partial charge is 0.356 e. The van der Waals surface area contributed by atoms with Gasteiger partial charge in [0.15, 0.2) is 5.96 Å². The molecule has 0 saturated carbocycles. The van der Waals surface area contributed by atoms with Crippen molar-refractivity contribution < 1.29 is 4.79 Å². The Hall–Kier alpha value is -2.12. The molecule has 0 bridgehead atoms. The van der Waals surface area contributed by atoms with Gasteiger partial charge >= 0.3 is 0 Å². The number of benzene rings is 1. The van der Waals surface area contributed by atoms with E-state index in [1.165, 1.54) is 5.56 Å². The summed E-state index contributed by atoms with van der Waals surface area (Å²) in [5, 5.41) is 7.07. The monoisotopic (exact) mass is 428 g/mol. The van der Waals surface area contributed by atoms with E-state index in [-0.39, 0.29) is 11.9 Å². The zero-order valence-corrected chi connectivity index (χ0v) is 19.7. The van der Waals surface area contributed by atoms with Crippen molar-refractivity contribution in [3.63, 3.8) is 0 Å². The Labute approximate surface area is 187 Å². The van der Waals surface area contributed by atoms with E-state index in [0.29, 0.717) is 12.1 Å². The molecule has 2 fully saturated rings. The van der Waals surface area contributed by atoms with Gasteiger partial charge in [-0.05, 0) is 44.7 Å². The van der Waals surface area contributed by atoms with Crippen LogP contribution in [0.25, 0.3) is 0 Å². The molecule has 1 amide bonds. The summed E-state index contributed by atoms with van der Waals surface area (Å²) in [5.74, 6) is 1.11. The van der Waals surface area contributed by atoms with Crippen molar-refractivity contribution in [2.45, 2.75) is 57.3 Å². The normalized spacial score (nSPS) is 25.0. The molecule has 7 nitrogen and oxygen atoms in total. The van der Waals surface area contributed by atoms with Crippen LogP contribution in [0.5, 0.6) is 0 Å². The number of nitrogens with zero attached hydrogens (tertiary/aromatic N) is 4. The minimum atomic E-state index is 0.0583. The molecule has 0 radical (unpaired) electrons. The predicted molar refractivity (Wildman–Crippen MR) is 127 cm³/mol. The van der Waals surface area contributed by atoms with Crippen molar-refractivity contribution in [2.75, 3.05) is 47.3 Å². The number of guanidine groups is 1. The average molecular weight is 429 g/mol. The Balaban J connectivity index is 1.38. The van der Waals surface area contributed by atoms with Crippen molar-refractivity contribution in [3.05, 3.63) is 35.9 Å². The van der Waals surface area contributed by atoms with E-state index in [0.717, 1.165) is 64.4 Å². The van der Waals surface area contributed by atoms with Crippen molar-refractivity contribution in [1.29, 1.82) is 0 Å². The van der Waals surface area contributed by atoms with Gasteiger partial charge in [-0.2, -0.15) is 0 Å². The molecular weight excluding hydrogens is 388 g/mol. The van der Waals surface area contributed by atoms with E-state index < -0.39 is 0 Å². The molecule has 3 rings (SSSR count). The number of likely N-dealkylation sites (tertiary alicyclic amines) is 2. The molecule has 31 heavy (non-hydrogen) atoms. The minimum absolute atomic E-state index is 0.0583. The highest BCUT2D eigenvalue weighted by Gasteiger charge is 2.31. The van der Waals surface area contributed by atoms with E-state index in [9.17, 15) is 4.79 Å². The zero-order chi connectivity index (χ0) is 22.2. The molecule has 2 heterocycles. The van der Waals surface area contributed by atoms with Gasteiger partial charge in [0.2, 0.25) is 5.91 Å². The Morgan fingerprint density at radius 3 is 2.71 bits per heavy atom. The van der Waals surface area contributed by atoms with E-state index in [4.69, 9.17) is 0 Å². The second-order valence-electron chi connectivity index (χ2n) is 9.12. The van der Waals surface area contributed by atoms with Crippen molar-refractivity contribution in [3.8, 4) is 0 Å². The van der Waals surface area contributed by atoms with Crippen LogP contribution in [0.3, 0.4) is 0 Å². The lowest BCUT2D eigenvalue weighted by atomic mass is 10.2. The molecule has 3 atom stereocenters. The quantitative estimate of drug-likeness (QED) is 0.375. The van der Waals surface area contributed by atoms with Crippen molar-refractivity contribution in [2.24, 2.45) is 4.99 Å². The van der Waals surface area contributed by atoms with Crippen LogP contribution in [-0.2, 0) is 11.3 Å². The third-order valence-corrected chi connectivity index (χ3v) is 6.50. The molecule has 1 aromatic carbocycles. The smallest absolute Gasteiger partial charge is 0.239 e. The van der Waals surface area contributed by atoms with Gasteiger partial charge in [0.1, 0.15) is 0 Å². The van der Waals surface area contributed by atoms with Gasteiger partial charge in [0.25, 0.3) is 0 Å².